The molecule has 1 unspecified atom stereocenters. The average molecular weight is 222 g/mol. The summed E-state index contributed by atoms with van der Waals surface area (Å²) in [4.78, 5) is 0. The lowest BCUT2D eigenvalue weighted by atomic mass is 9.97. The standard InChI is InChI=1S/C12H12ClNO/c13-10-2-1-9-3-4-12(5-6-14-8-12)15-11(9)7-10/h1-4,7,14H,5-6,8H2. The van der Waals surface area contributed by atoms with E-state index in [0.717, 1.165) is 35.8 Å². The summed E-state index contributed by atoms with van der Waals surface area (Å²) in [5.74, 6) is 0.897. The number of fused-ring (bicyclic) bond motifs is 1. The highest BCUT2D eigenvalue weighted by molar-refractivity contribution is 6.30. The predicted octanol–water partition coefficient (Wildman–Crippen LogP) is 2.48. The highest BCUT2D eigenvalue weighted by Crippen LogP contribution is 2.35. The van der Waals surface area contributed by atoms with Gasteiger partial charge in [0.1, 0.15) is 11.4 Å². The van der Waals surface area contributed by atoms with Crippen LogP contribution in [0.25, 0.3) is 6.08 Å². The first-order valence-electron chi connectivity index (χ1n) is 5.16. The zero-order valence-corrected chi connectivity index (χ0v) is 9.05. The number of halogens is 1. The molecule has 3 heteroatoms. The molecule has 15 heavy (non-hydrogen) atoms. The molecule has 0 amide bonds. The van der Waals surface area contributed by atoms with Crippen LogP contribution in [0.5, 0.6) is 5.75 Å². The molecule has 1 fully saturated rings. The van der Waals surface area contributed by atoms with Crippen LogP contribution < -0.4 is 10.1 Å². The van der Waals surface area contributed by atoms with Crippen LogP contribution in [0.15, 0.2) is 24.3 Å². The average Bonchev–Trinajstić information content (AvgIpc) is 2.66. The summed E-state index contributed by atoms with van der Waals surface area (Å²) in [5.41, 5.74) is 0.967. The van der Waals surface area contributed by atoms with E-state index in [-0.39, 0.29) is 5.60 Å². The van der Waals surface area contributed by atoms with E-state index in [1.54, 1.807) is 0 Å². The van der Waals surface area contributed by atoms with Crippen molar-refractivity contribution in [2.24, 2.45) is 0 Å². The molecule has 0 aliphatic carbocycles. The van der Waals surface area contributed by atoms with Crippen molar-refractivity contribution in [3.05, 3.63) is 34.9 Å². The van der Waals surface area contributed by atoms with E-state index in [9.17, 15) is 0 Å². The van der Waals surface area contributed by atoms with Crippen molar-refractivity contribution in [3.8, 4) is 5.75 Å². The third-order valence-corrected chi connectivity index (χ3v) is 3.24. The Balaban J connectivity index is 2.01. The van der Waals surface area contributed by atoms with Gasteiger partial charge in [-0.2, -0.15) is 0 Å². The second kappa shape index (κ2) is 3.26. The van der Waals surface area contributed by atoms with Crippen LogP contribution in [0.2, 0.25) is 5.02 Å². The maximum Gasteiger partial charge on any atom is 0.141 e. The van der Waals surface area contributed by atoms with Crippen LogP contribution in [-0.2, 0) is 0 Å². The largest absolute Gasteiger partial charge is 0.481 e. The smallest absolute Gasteiger partial charge is 0.141 e. The normalized spacial score (nSPS) is 27.8. The van der Waals surface area contributed by atoms with E-state index >= 15 is 0 Å². The number of nitrogens with one attached hydrogen (secondary N) is 1. The molecular formula is C12H12ClNO. The lowest BCUT2D eigenvalue weighted by Gasteiger charge is -2.30. The Labute approximate surface area is 93.9 Å². The molecule has 0 bridgehead atoms. The fourth-order valence-corrected chi connectivity index (χ4v) is 2.31. The van der Waals surface area contributed by atoms with E-state index in [1.165, 1.54) is 0 Å². The fourth-order valence-electron chi connectivity index (χ4n) is 2.15. The van der Waals surface area contributed by atoms with Crippen molar-refractivity contribution in [2.75, 3.05) is 13.1 Å². The van der Waals surface area contributed by atoms with Crippen LogP contribution in [0.4, 0.5) is 0 Å². The Morgan fingerprint density at radius 3 is 3.13 bits per heavy atom. The molecule has 2 heterocycles. The van der Waals surface area contributed by atoms with Gasteiger partial charge in [-0.15, -0.1) is 0 Å². The number of hydrogen-bond acceptors (Lipinski definition) is 2. The van der Waals surface area contributed by atoms with Gasteiger partial charge in [-0.05, 0) is 30.8 Å². The first-order valence-corrected chi connectivity index (χ1v) is 5.54. The minimum atomic E-state index is -0.141. The van der Waals surface area contributed by atoms with Crippen LogP contribution in [0, 0.1) is 0 Å². The van der Waals surface area contributed by atoms with Gasteiger partial charge in [0.15, 0.2) is 0 Å². The second-order valence-corrected chi connectivity index (χ2v) is 4.55. The fraction of sp³-hybridized carbons (Fsp3) is 0.333. The molecular weight excluding hydrogens is 210 g/mol. The van der Waals surface area contributed by atoms with Crippen molar-refractivity contribution in [3.63, 3.8) is 0 Å². The molecule has 2 aliphatic rings. The number of hydrogen-bond donors (Lipinski definition) is 1. The van der Waals surface area contributed by atoms with Crippen LogP contribution in [0.3, 0.4) is 0 Å². The Hall–Kier alpha value is -0.990. The minimum Gasteiger partial charge on any atom is -0.481 e. The van der Waals surface area contributed by atoms with Crippen molar-refractivity contribution in [1.29, 1.82) is 0 Å². The van der Waals surface area contributed by atoms with Gasteiger partial charge in [-0.1, -0.05) is 17.7 Å². The zero-order chi connectivity index (χ0) is 10.3. The van der Waals surface area contributed by atoms with E-state index in [0.29, 0.717) is 0 Å². The molecule has 2 nitrogen and oxygen atoms in total. The Morgan fingerprint density at radius 1 is 1.40 bits per heavy atom. The molecule has 1 spiro atoms. The molecule has 1 aromatic rings. The van der Waals surface area contributed by atoms with Gasteiger partial charge in [-0.3, -0.25) is 0 Å². The highest BCUT2D eigenvalue weighted by atomic mass is 35.5. The number of ether oxygens (including phenoxy) is 1. The Morgan fingerprint density at radius 2 is 2.33 bits per heavy atom. The summed E-state index contributed by atoms with van der Waals surface area (Å²) < 4.78 is 6.03. The molecule has 1 N–H and O–H groups in total. The molecule has 2 aliphatic heterocycles. The van der Waals surface area contributed by atoms with Gasteiger partial charge in [0, 0.05) is 23.6 Å². The molecule has 0 aromatic heterocycles. The summed E-state index contributed by atoms with van der Waals surface area (Å²) in [7, 11) is 0. The Bertz CT molecular complexity index is 422. The molecule has 1 aromatic carbocycles. The van der Waals surface area contributed by atoms with Gasteiger partial charge < -0.3 is 10.1 Å². The summed E-state index contributed by atoms with van der Waals surface area (Å²) >= 11 is 5.95. The van der Waals surface area contributed by atoms with E-state index in [2.05, 4.69) is 17.5 Å². The van der Waals surface area contributed by atoms with Gasteiger partial charge >= 0.3 is 0 Å². The molecule has 78 valence electrons. The van der Waals surface area contributed by atoms with E-state index in [4.69, 9.17) is 16.3 Å². The van der Waals surface area contributed by atoms with E-state index in [1.807, 2.05) is 18.2 Å². The van der Waals surface area contributed by atoms with Crippen molar-refractivity contribution < 1.29 is 4.74 Å². The highest BCUT2D eigenvalue weighted by Gasteiger charge is 2.35. The van der Waals surface area contributed by atoms with Gasteiger partial charge in [-0.25, -0.2) is 0 Å². The summed E-state index contributed by atoms with van der Waals surface area (Å²) in [6, 6.07) is 5.77. The van der Waals surface area contributed by atoms with Crippen molar-refractivity contribution in [2.45, 2.75) is 12.0 Å². The van der Waals surface area contributed by atoms with Gasteiger partial charge in [0.25, 0.3) is 0 Å². The molecule has 1 atom stereocenters. The maximum absolute atomic E-state index is 6.03. The van der Waals surface area contributed by atoms with Gasteiger partial charge in [0.05, 0.1) is 0 Å². The summed E-state index contributed by atoms with van der Waals surface area (Å²) in [6.45, 7) is 1.90. The van der Waals surface area contributed by atoms with Crippen LogP contribution in [-0.4, -0.2) is 18.7 Å². The molecule has 3 rings (SSSR count). The summed E-state index contributed by atoms with van der Waals surface area (Å²) in [5, 5.41) is 4.05. The SMILES string of the molecule is Clc1ccc2c(c1)OC1(C=C2)CCNC1. The lowest BCUT2D eigenvalue weighted by Crippen LogP contribution is -2.37. The maximum atomic E-state index is 6.03. The third kappa shape index (κ3) is 1.54. The first-order chi connectivity index (χ1) is 7.27. The van der Waals surface area contributed by atoms with Crippen LogP contribution in [0.1, 0.15) is 12.0 Å². The predicted molar refractivity (Wildman–Crippen MR) is 61.3 cm³/mol. The van der Waals surface area contributed by atoms with E-state index < -0.39 is 0 Å². The topological polar surface area (TPSA) is 21.3 Å². The van der Waals surface area contributed by atoms with Crippen molar-refractivity contribution in [1.82, 2.24) is 5.32 Å². The second-order valence-electron chi connectivity index (χ2n) is 4.11. The minimum absolute atomic E-state index is 0.141. The zero-order valence-electron chi connectivity index (χ0n) is 8.29. The lowest BCUT2D eigenvalue weighted by molar-refractivity contribution is 0.139. The molecule has 0 saturated carbocycles. The first kappa shape index (κ1) is 9.25. The Kier molecular flexibility index (Phi) is 2.01. The van der Waals surface area contributed by atoms with Crippen molar-refractivity contribution >= 4 is 17.7 Å². The number of rotatable bonds is 0. The molecule has 1 saturated heterocycles. The van der Waals surface area contributed by atoms with Crippen LogP contribution >= 0.6 is 11.6 Å². The molecule has 0 radical (unpaired) electrons. The number of benzene rings is 1. The third-order valence-electron chi connectivity index (χ3n) is 3.00. The van der Waals surface area contributed by atoms with Gasteiger partial charge in [0.2, 0.25) is 0 Å². The monoisotopic (exact) mass is 221 g/mol. The quantitative estimate of drug-likeness (QED) is 0.727. The summed E-state index contributed by atoms with van der Waals surface area (Å²) in [6.07, 6.45) is 5.31.